The van der Waals surface area contributed by atoms with Gasteiger partial charge in [0.2, 0.25) is 0 Å². The maximum atomic E-state index is 13.0. The van der Waals surface area contributed by atoms with Gasteiger partial charge in [0.15, 0.2) is 0 Å². The number of hydrogen-bond donors (Lipinski definition) is 0. The molecule has 6 heteroatoms. The Morgan fingerprint density at radius 3 is 2.44 bits per heavy atom. The number of rotatable bonds is 3. The lowest BCUT2D eigenvalue weighted by molar-refractivity contribution is 0.0595. The van der Waals surface area contributed by atoms with Gasteiger partial charge in [0.25, 0.3) is 11.1 Å². The molecule has 4 rings (SSSR count). The predicted molar refractivity (Wildman–Crippen MR) is 105 cm³/mol. The van der Waals surface area contributed by atoms with Crippen LogP contribution >= 0.6 is 11.3 Å². The lowest BCUT2D eigenvalue weighted by atomic mass is 10.1. The standard InChI is InChI=1S/C21H21FN2O2S/c1-13-3-4-14(2)19-18(13)23-21(27-19)26-17-9-11-24(12-10-17)20(25)15-5-7-16(22)8-6-15/h3-8,17H,9-12H2,1-2H3. The number of benzene rings is 2. The molecule has 1 saturated heterocycles. The normalized spacial score (nSPS) is 15.3. The van der Waals surface area contributed by atoms with E-state index in [4.69, 9.17) is 4.74 Å². The monoisotopic (exact) mass is 384 g/mol. The molecule has 27 heavy (non-hydrogen) atoms. The van der Waals surface area contributed by atoms with E-state index in [1.807, 2.05) is 0 Å². The third-order valence-electron chi connectivity index (χ3n) is 5.01. The number of carbonyl (C=O) groups excluding carboxylic acids is 1. The minimum Gasteiger partial charge on any atom is -0.467 e. The van der Waals surface area contributed by atoms with Gasteiger partial charge in [-0.2, -0.15) is 0 Å². The van der Waals surface area contributed by atoms with Crippen LogP contribution in [0.15, 0.2) is 36.4 Å². The van der Waals surface area contributed by atoms with Gasteiger partial charge in [0, 0.05) is 31.5 Å². The van der Waals surface area contributed by atoms with Gasteiger partial charge in [-0.1, -0.05) is 23.5 Å². The largest absolute Gasteiger partial charge is 0.467 e. The molecule has 1 aliphatic rings. The Kier molecular flexibility index (Phi) is 4.83. The summed E-state index contributed by atoms with van der Waals surface area (Å²) in [6, 6.07) is 9.90. The Balaban J connectivity index is 1.40. The van der Waals surface area contributed by atoms with Gasteiger partial charge in [0.05, 0.1) is 10.2 Å². The SMILES string of the molecule is Cc1ccc(C)c2sc(OC3CCN(C(=O)c4ccc(F)cc4)CC3)nc12. The van der Waals surface area contributed by atoms with E-state index in [-0.39, 0.29) is 17.8 Å². The number of ether oxygens (including phenoxy) is 1. The number of amides is 1. The maximum absolute atomic E-state index is 13.0. The zero-order chi connectivity index (χ0) is 19.0. The molecule has 3 aromatic rings. The van der Waals surface area contributed by atoms with Crippen LogP contribution in [0.1, 0.15) is 34.3 Å². The Morgan fingerprint density at radius 1 is 1.11 bits per heavy atom. The van der Waals surface area contributed by atoms with E-state index in [0.717, 1.165) is 23.9 Å². The van der Waals surface area contributed by atoms with Gasteiger partial charge in [-0.05, 0) is 49.2 Å². The number of nitrogens with zero attached hydrogens (tertiary/aromatic N) is 2. The fraction of sp³-hybridized carbons (Fsp3) is 0.333. The summed E-state index contributed by atoms with van der Waals surface area (Å²) in [6.07, 6.45) is 1.59. The van der Waals surface area contributed by atoms with Crippen LogP contribution in [0.2, 0.25) is 0 Å². The number of carbonyl (C=O) groups is 1. The van der Waals surface area contributed by atoms with Crippen molar-refractivity contribution in [3.63, 3.8) is 0 Å². The molecule has 0 saturated carbocycles. The van der Waals surface area contributed by atoms with Crippen molar-refractivity contribution in [1.29, 1.82) is 0 Å². The zero-order valence-electron chi connectivity index (χ0n) is 15.4. The average Bonchev–Trinajstić information content (AvgIpc) is 3.11. The summed E-state index contributed by atoms with van der Waals surface area (Å²) >= 11 is 1.59. The summed E-state index contributed by atoms with van der Waals surface area (Å²) in [5, 5.41) is 0.700. The molecule has 140 valence electrons. The molecule has 0 bridgehead atoms. The van der Waals surface area contributed by atoms with Crippen molar-refractivity contribution in [3.8, 4) is 5.19 Å². The van der Waals surface area contributed by atoms with E-state index < -0.39 is 0 Å². The number of fused-ring (bicyclic) bond motifs is 1. The fourth-order valence-electron chi connectivity index (χ4n) is 3.38. The first-order valence-electron chi connectivity index (χ1n) is 9.09. The second-order valence-corrected chi connectivity index (χ2v) is 7.93. The molecule has 0 aliphatic carbocycles. The number of likely N-dealkylation sites (tertiary alicyclic amines) is 1. The molecule has 0 spiro atoms. The van der Waals surface area contributed by atoms with Crippen LogP contribution in [0.5, 0.6) is 5.19 Å². The van der Waals surface area contributed by atoms with Crippen molar-refractivity contribution >= 4 is 27.5 Å². The topological polar surface area (TPSA) is 42.4 Å². The molecule has 1 amide bonds. The predicted octanol–water partition coefficient (Wildman–Crippen LogP) is 4.74. The van der Waals surface area contributed by atoms with Gasteiger partial charge in [-0.25, -0.2) is 9.37 Å². The number of aryl methyl sites for hydroxylation is 2. The summed E-state index contributed by atoms with van der Waals surface area (Å²) in [5.74, 6) is -0.389. The molecule has 1 aromatic heterocycles. The van der Waals surface area contributed by atoms with Crippen LogP contribution in [-0.2, 0) is 0 Å². The van der Waals surface area contributed by atoms with Crippen molar-refractivity contribution in [2.24, 2.45) is 0 Å². The highest BCUT2D eigenvalue weighted by atomic mass is 32.1. The Hall–Kier alpha value is -2.47. The van der Waals surface area contributed by atoms with E-state index in [1.54, 1.807) is 16.2 Å². The third kappa shape index (κ3) is 3.67. The number of thiazole rings is 1. The second-order valence-electron chi connectivity index (χ2n) is 6.97. The highest BCUT2D eigenvalue weighted by Crippen LogP contribution is 2.33. The van der Waals surface area contributed by atoms with E-state index in [2.05, 4.69) is 31.0 Å². The summed E-state index contributed by atoms with van der Waals surface area (Å²) in [5.41, 5.74) is 3.90. The van der Waals surface area contributed by atoms with Crippen LogP contribution < -0.4 is 4.74 Å². The lowest BCUT2D eigenvalue weighted by Gasteiger charge is -2.31. The Morgan fingerprint density at radius 2 is 1.78 bits per heavy atom. The van der Waals surface area contributed by atoms with Gasteiger partial charge in [-0.15, -0.1) is 0 Å². The summed E-state index contributed by atoms with van der Waals surface area (Å²) in [7, 11) is 0. The van der Waals surface area contributed by atoms with Crippen LogP contribution in [0.4, 0.5) is 4.39 Å². The smallest absolute Gasteiger partial charge is 0.274 e. The number of aromatic nitrogens is 1. The summed E-state index contributed by atoms with van der Waals surface area (Å²) < 4.78 is 20.3. The zero-order valence-corrected chi connectivity index (χ0v) is 16.2. The molecule has 0 atom stereocenters. The molecular weight excluding hydrogens is 363 g/mol. The third-order valence-corrected chi connectivity index (χ3v) is 6.09. The lowest BCUT2D eigenvalue weighted by Crippen LogP contribution is -2.41. The fourth-order valence-corrected chi connectivity index (χ4v) is 4.41. The minimum atomic E-state index is -0.333. The molecule has 0 unspecified atom stereocenters. The molecule has 0 N–H and O–H groups in total. The molecule has 2 heterocycles. The van der Waals surface area contributed by atoms with Crippen molar-refractivity contribution < 1.29 is 13.9 Å². The van der Waals surface area contributed by atoms with Crippen molar-refractivity contribution in [2.45, 2.75) is 32.8 Å². The van der Waals surface area contributed by atoms with E-state index in [9.17, 15) is 9.18 Å². The molecule has 1 fully saturated rings. The molecule has 4 nitrogen and oxygen atoms in total. The van der Waals surface area contributed by atoms with Crippen molar-refractivity contribution in [3.05, 3.63) is 58.9 Å². The highest BCUT2D eigenvalue weighted by molar-refractivity contribution is 7.20. The van der Waals surface area contributed by atoms with E-state index in [1.165, 1.54) is 34.5 Å². The minimum absolute atomic E-state index is 0.0558. The molecule has 0 radical (unpaired) electrons. The Bertz CT molecular complexity index is 937. The first kappa shape index (κ1) is 17.9. The first-order valence-corrected chi connectivity index (χ1v) is 9.91. The van der Waals surface area contributed by atoms with E-state index >= 15 is 0 Å². The summed E-state index contributed by atoms with van der Waals surface area (Å²) in [6.45, 7) is 5.40. The number of piperidine rings is 1. The van der Waals surface area contributed by atoms with E-state index in [0.29, 0.717) is 23.8 Å². The van der Waals surface area contributed by atoms with Gasteiger partial charge in [-0.3, -0.25) is 4.79 Å². The first-order chi connectivity index (χ1) is 13.0. The van der Waals surface area contributed by atoms with Crippen molar-refractivity contribution in [2.75, 3.05) is 13.1 Å². The van der Waals surface area contributed by atoms with Crippen LogP contribution in [0, 0.1) is 19.7 Å². The summed E-state index contributed by atoms with van der Waals surface area (Å²) in [4.78, 5) is 19.0. The molecule has 2 aromatic carbocycles. The van der Waals surface area contributed by atoms with Crippen LogP contribution in [-0.4, -0.2) is 35.0 Å². The maximum Gasteiger partial charge on any atom is 0.274 e. The van der Waals surface area contributed by atoms with Crippen molar-refractivity contribution in [1.82, 2.24) is 9.88 Å². The molecule has 1 aliphatic heterocycles. The highest BCUT2D eigenvalue weighted by Gasteiger charge is 2.25. The van der Waals surface area contributed by atoms with Gasteiger partial charge in [0.1, 0.15) is 11.9 Å². The Labute approximate surface area is 161 Å². The number of hydrogen-bond acceptors (Lipinski definition) is 4. The number of halogens is 1. The van der Waals surface area contributed by atoms with Gasteiger partial charge >= 0.3 is 0 Å². The average molecular weight is 384 g/mol. The second kappa shape index (κ2) is 7.27. The van der Waals surface area contributed by atoms with Crippen LogP contribution in [0.3, 0.4) is 0 Å². The molecular formula is C21H21FN2O2S. The van der Waals surface area contributed by atoms with Gasteiger partial charge < -0.3 is 9.64 Å². The van der Waals surface area contributed by atoms with Crippen LogP contribution in [0.25, 0.3) is 10.2 Å². The quantitative estimate of drug-likeness (QED) is 0.655.